The van der Waals surface area contributed by atoms with Crippen molar-refractivity contribution in [2.24, 2.45) is 12.0 Å². The predicted octanol–water partition coefficient (Wildman–Crippen LogP) is 2.90. The number of benzene rings is 1. The van der Waals surface area contributed by atoms with E-state index < -0.39 is 6.10 Å². The van der Waals surface area contributed by atoms with Crippen molar-refractivity contribution >= 4 is 68.2 Å². The lowest BCUT2D eigenvalue weighted by Crippen LogP contribution is -2.39. The smallest absolute Gasteiger partial charge is 0.191 e. The quantitative estimate of drug-likeness (QED) is 0.112. The second kappa shape index (κ2) is 11.4. The molecule has 3 heterocycles. The van der Waals surface area contributed by atoms with E-state index in [2.05, 4.69) is 48.1 Å². The highest BCUT2D eigenvalue weighted by atomic mass is 127. The van der Waals surface area contributed by atoms with E-state index in [1.165, 1.54) is 11.0 Å². The molecule has 0 spiro atoms. The van der Waals surface area contributed by atoms with E-state index in [-0.39, 0.29) is 30.5 Å². The van der Waals surface area contributed by atoms with Gasteiger partial charge in [-0.1, -0.05) is 18.2 Å². The zero-order valence-corrected chi connectivity index (χ0v) is 21.1. The van der Waals surface area contributed by atoms with Crippen LogP contribution in [0.25, 0.3) is 21.1 Å². The van der Waals surface area contributed by atoms with Gasteiger partial charge in [0, 0.05) is 36.3 Å². The van der Waals surface area contributed by atoms with Gasteiger partial charge in [0.05, 0.1) is 18.1 Å². The summed E-state index contributed by atoms with van der Waals surface area (Å²) in [4.78, 5) is 14.0. The summed E-state index contributed by atoms with van der Waals surface area (Å²) in [6.07, 6.45) is 2.65. The molecular formula is C21H27IN8OS. The van der Waals surface area contributed by atoms with E-state index in [1.54, 1.807) is 22.2 Å². The summed E-state index contributed by atoms with van der Waals surface area (Å²) >= 11 is 1.60. The zero-order chi connectivity index (χ0) is 21.6. The average Bonchev–Trinajstić information content (AvgIpc) is 3.39. The highest BCUT2D eigenvalue weighted by molar-refractivity contribution is 14.0. The lowest BCUT2D eigenvalue weighted by molar-refractivity contribution is 0.191. The Morgan fingerprint density at radius 3 is 2.88 bits per heavy atom. The molecule has 0 aliphatic carbocycles. The summed E-state index contributed by atoms with van der Waals surface area (Å²) in [6.45, 7) is 4.32. The van der Waals surface area contributed by atoms with Crippen LogP contribution < -0.4 is 16.0 Å². The minimum absolute atomic E-state index is 0. The van der Waals surface area contributed by atoms with Crippen LogP contribution >= 0.6 is 35.3 Å². The van der Waals surface area contributed by atoms with Gasteiger partial charge in [-0.2, -0.15) is 5.10 Å². The van der Waals surface area contributed by atoms with Crippen LogP contribution in [0.5, 0.6) is 0 Å². The fourth-order valence-corrected chi connectivity index (χ4v) is 4.28. The number of anilines is 1. The van der Waals surface area contributed by atoms with Gasteiger partial charge in [0.15, 0.2) is 11.6 Å². The minimum atomic E-state index is -0.633. The van der Waals surface area contributed by atoms with Crippen LogP contribution in [-0.4, -0.2) is 57.0 Å². The van der Waals surface area contributed by atoms with Crippen molar-refractivity contribution in [3.05, 3.63) is 47.7 Å². The van der Waals surface area contributed by atoms with Crippen LogP contribution in [0.15, 0.2) is 47.8 Å². The Hall–Kier alpha value is -2.51. The van der Waals surface area contributed by atoms with Crippen LogP contribution in [0.1, 0.15) is 17.9 Å². The van der Waals surface area contributed by atoms with Crippen molar-refractivity contribution in [2.75, 3.05) is 31.5 Å². The first kappa shape index (κ1) is 24.1. The van der Waals surface area contributed by atoms with Crippen LogP contribution in [0, 0.1) is 0 Å². The lowest BCUT2D eigenvalue weighted by atomic mass is 10.2. The van der Waals surface area contributed by atoms with E-state index in [9.17, 15) is 5.11 Å². The molecule has 0 bridgehead atoms. The molecule has 4 N–H and O–H groups in total. The number of thiophene rings is 1. The number of aryl methyl sites for hydroxylation is 1. The molecule has 0 radical (unpaired) electrons. The number of aliphatic imine (C=N–C) groups is 1. The Bertz CT molecular complexity index is 1160. The zero-order valence-electron chi connectivity index (χ0n) is 17.9. The van der Waals surface area contributed by atoms with Crippen LogP contribution in [0.3, 0.4) is 0 Å². The monoisotopic (exact) mass is 566 g/mol. The fourth-order valence-electron chi connectivity index (χ4n) is 3.24. The highest BCUT2D eigenvalue weighted by Gasteiger charge is 2.12. The van der Waals surface area contributed by atoms with Crippen molar-refractivity contribution < 1.29 is 5.11 Å². The fraction of sp³-hybridized carbons (Fsp3) is 0.333. The average molecular weight is 566 g/mol. The maximum atomic E-state index is 10.6. The molecule has 170 valence electrons. The van der Waals surface area contributed by atoms with Crippen LogP contribution in [0.2, 0.25) is 0 Å². The third-order valence-electron chi connectivity index (χ3n) is 4.78. The summed E-state index contributed by atoms with van der Waals surface area (Å²) < 4.78 is 2.89. The van der Waals surface area contributed by atoms with Crippen molar-refractivity contribution in [3.8, 4) is 0 Å². The third-order valence-corrected chi connectivity index (χ3v) is 6.00. The van der Waals surface area contributed by atoms with E-state index >= 15 is 0 Å². The van der Waals surface area contributed by atoms with Gasteiger partial charge >= 0.3 is 0 Å². The van der Waals surface area contributed by atoms with Gasteiger partial charge in [-0.05, 0) is 24.4 Å². The van der Waals surface area contributed by atoms with Crippen LogP contribution in [-0.2, 0) is 7.05 Å². The first-order valence-electron chi connectivity index (χ1n) is 10.2. The predicted molar refractivity (Wildman–Crippen MR) is 141 cm³/mol. The van der Waals surface area contributed by atoms with Crippen molar-refractivity contribution in [1.82, 2.24) is 30.4 Å². The SMILES string of the molecule is CCNC(=NCC(O)c1cc2ccccc2s1)NCCNc1ncnc2c1cnn2C.I. The van der Waals surface area contributed by atoms with Crippen LogP contribution in [0.4, 0.5) is 5.82 Å². The van der Waals surface area contributed by atoms with Gasteiger partial charge in [-0.25, -0.2) is 9.97 Å². The summed E-state index contributed by atoms with van der Waals surface area (Å²) in [7, 11) is 1.85. The molecule has 32 heavy (non-hydrogen) atoms. The second-order valence-electron chi connectivity index (χ2n) is 7.00. The Morgan fingerprint density at radius 2 is 2.06 bits per heavy atom. The number of nitrogens with zero attached hydrogens (tertiary/aromatic N) is 5. The highest BCUT2D eigenvalue weighted by Crippen LogP contribution is 2.29. The number of aromatic nitrogens is 4. The summed E-state index contributed by atoms with van der Waals surface area (Å²) in [5.41, 5.74) is 0.788. The Morgan fingerprint density at radius 1 is 1.22 bits per heavy atom. The molecule has 0 saturated heterocycles. The van der Waals surface area contributed by atoms with Gasteiger partial charge < -0.3 is 21.1 Å². The minimum Gasteiger partial charge on any atom is -0.386 e. The standard InChI is InChI=1S/C21H26N8OS.HI/c1-3-22-21(25-12-16(30)18-10-14-6-4-5-7-17(14)31-18)24-9-8-23-19-15-11-28-29(2)20(15)27-13-26-19;/h4-7,10-11,13,16,30H,3,8-9,12H2,1-2H3,(H2,22,24,25)(H,23,26,27);1H. The first-order chi connectivity index (χ1) is 15.2. The number of halogens is 1. The van der Waals surface area contributed by atoms with Gasteiger partial charge in [0.1, 0.15) is 18.2 Å². The molecule has 1 atom stereocenters. The molecular weight excluding hydrogens is 539 g/mol. The molecule has 11 heteroatoms. The number of guanidine groups is 1. The molecule has 3 aromatic heterocycles. The van der Waals surface area contributed by atoms with Gasteiger partial charge in [-0.15, -0.1) is 35.3 Å². The maximum Gasteiger partial charge on any atom is 0.191 e. The molecule has 4 aromatic rings. The normalized spacial score (nSPS) is 12.5. The molecule has 0 saturated carbocycles. The number of hydrogen-bond acceptors (Lipinski definition) is 7. The summed E-state index contributed by atoms with van der Waals surface area (Å²) in [6, 6.07) is 10.2. The Kier molecular flexibility index (Phi) is 8.59. The van der Waals surface area contributed by atoms with Gasteiger partial charge in [0.25, 0.3) is 0 Å². The molecule has 0 amide bonds. The topological polar surface area (TPSA) is 112 Å². The van der Waals surface area contributed by atoms with E-state index in [4.69, 9.17) is 0 Å². The molecule has 0 aliphatic rings. The number of hydrogen-bond donors (Lipinski definition) is 4. The van der Waals surface area contributed by atoms with E-state index in [1.807, 2.05) is 32.2 Å². The molecule has 4 rings (SSSR count). The molecule has 0 aliphatic heterocycles. The Labute approximate surface area is 207 Å². The van der Waals surface area contributed by atoms with E-state index in [0.717, 1.165) is 33.7 Å². The first-order valence-corrected chi connectivity index (χ1v) is 11.0. The third kappa shape index (κ3) is 5.64. The maximum absolute atomic E-state index is 10.6. The largest absolute Gasteiger partial charge is 0.386 e. The van der Waals surface area contributed by atoms with Gasteiger partial charge in [-0.3, -0.25) is 9.67 Å². The number of aliphatic hydroxyl groups excluding tert-OH is 1. The molecule has 9 nitrogen and oxygen atoms in total. The van der Waals surface area contributed by atoms with Gasteiger partial charge in [0.2, 0.25) is 0 Å². The molecule has 1 unspecified atom stereocenters. The number of fused-ring (bicyclic) bond motifs is 2. The number of nitrogens with one attached hydrogen (secondary N) is 3. The van der Waals surface area contributed by atoms with Crippen molar-refractivity contribution in [1.29, 1.82) is 0 Å². The van der Waals surface area contributed by atoms with Crippen molar-refractivity contribution in [3.63, 3.8) is 0 Å². The summed E-state index contributed by atoms with van der Waals surface area (Å²) in [5.74, 6) is 1.42. The molecule has 1 aromatic carbocycles. The second-order valence-corrected chi connectivity index (χ2v) is 8.12. The van der Waals surface area contributed by atoms with Crippen molar-refractivity contribution in [2.45, 2.75) is 13.0 Å². The number of aliphatic hydroxyl groups is 1. The molecule has 0 fully saturated rings. The summed E-state index contributed by atoms with van der Waals surface area (Å²) in [5, 5.41) is 26.6. The Balaban J connectivity index is 0.00000289. The number of rotatable bonds is 8. The lowest BCUT2D eigenvalue weighted by Gasteiger charge is -2.13. The van der Waals surface area contributed by atoms with E-state index in [0.29, 0.717) is 19.0 Å².